The molecule has 0 aromatic heterocycles. The van der Waals surface area contributed by atoms with Crippen LogP contribution in [-0.2, 0) is 16.0 Å². The molecule has 132 valence electrons. The Hall–Kier alpha value is -2.69. The summed E-state index contributed by atoms with van der Waals surface area (Å²) in [5, 5.41) is 5.70. The summed E-state index contributed by atoms with van der Waals surface area (Å²) in [5.74, 6) is -0.353. The third kappa shape index (κ3) is 5.71. The van der Waals surface area contributed by atoms with Gasteiger partial charge in [-0.25, -0.2) is 4.39 Å². The van der Waals surface area contributed by atoms with Gasteiger partial charge in [0.15, 0.2) is 0 Å². The van der Waals surface area contributed by atoms with Crippen LogP contribution >= 0.6 is 0 Å². The number of anilines is 1. The van der Waals surface area contributed by atoms with Crippen molar-refractivity contribution in [3.8, 4) is 0 Å². The van der Waals surface area contributed by atoms with E-state index in [1.807, 2.05) is 26.0 Å². The molecule has 0 radical (unpaired) electrons. The number of carbonyl (C=O) groups is 2. The van der Waals surface area contributed by atoms with Crippen LogP contribution in [0.25, 0.3) is 0 Å². The number of rotatable bonds is 6. The largest absolute Gasteiger partial charge is 0.349 e. The second kappa shape index (κ2) is 8.42. The Labute approximate surface area is 147 Å². The van der Waals surface area contributed by atoms with Crippen LogP contribution in [0.3, 0.4) is 0 Å². The van der Waals surface area contributed by atoms with Crippen molar-refractivity contribution < 1.29 is 14.0 Å². The van der Waals surface area contributed by atoms with Crippen molar-refractivity contribution in [2.45, 2.75) is 33.2 Å². The van der Waals surface area contributed by atoms with Crippen molar-refractivity contribution in [3.05, 3.63) is 65.5 Å². The first kappa shape index (κ1) is 18.6. The highest BCUT2D eigenvalue weighted by molar-refractivity contribution is 5.88. The van der Waals surface area contributed by atoms with Crippen LogP contribution in [0.15, 0.2) is 48.5 Å². The lowest BCUT2D eigenvalue weighted by atomic mass is 9.95. The van der Waals surface area contributed by atoms with E-state index < -0.39 is 0 Å². The fraction of sp³-hybridized carbons (Fsp3) is 0.300. The molecule has 2 N–H and O–H groups in total. The monoisotopic (exact) mass is 342 g/mol. The van der Waals surface area contributed by atoms with E-state index in [0.717, 1.165) is 11.1 Å². The number of hydrogen-bond donors (Lipinski definition) is 2. The van der Waals surface area contributed by atoms with Gasteiger partial charge in [0.1, 0.15) is 5.82 Å². The van der Waals surface area contributed by atoms with Crippen LogP contribution in [0.4, 0.5) is 10.1 Å². The zero-order chi connectivity index (χ0) is 18.4. The van der Waals surface area contributed by atoms with Gasteiger partial charge >= 0.3 is 0 Å². The van der Waals surface area contributed by atoms with Crippen LogP contribution < -0.4 is 10.6 Å². The number of amides is 2. The Morgan fingerprint density at radius 1 is 1.00 bits per heavy atom. The highest BCUT2D eigenvalue weighted by Crippen LogP contribution is 2.22. The molecule has 0 unspecified atom stereocenters. The molecule has 0 fully saturated rings. The van der Waals surface area contributed by atoms with Gasteiger partial charge in [-0.05, 0) is 41.3 Å². The first-order chi connectivity index (χ1) is 11.8. The van der Waals surface area contributed by atoms with E-state index in [4.69, 9.17) is 0 Å². The van der Waals surface area contributed by atoms with Crippen LogP contribution in [0.5, 0.6) is 0 Å². The van der Waals surface area contributed by atoms with Gasteiger partial charge in [-0.3, -0.25) is 9.59 Å². The molecule has 0 aliphatic rings. The van der Waals surface area contributed by atoms with Crippen molar-refractivity contribution in [2.24, 2.45) is 5.92 Å². The molecule has 0 aliphatic heterocycles. The second-order valence-electron chi connectivity index (χ2n) is 6.40. The third-order valence-corrected chi connectivity index (χ3v) is 3.85. The van der Waals surface area contributed by atoms with E-state index in [2.05, 4.69) is 10.6 Å². The van der Waals surface area contributed by atoms with Gasteiger partial charge < -0.3 is 10.6 Å². The van der Waals surface area contributed by atoms with Gasteiger partial charge in [0, 0.05) is 12.6 Å². The summed E-state index contributed by atoms with van der Waals surface area (Å²) in [6.07, 6.45) is 0.241. The van der Waals surface area contributed by atoms with Gasteiger partial charge in [0.05, 0.1) is 12.5 Å². The van der Waals surface area contributed by atoms with Crippen molar-refractivity contribution >= 4 is 17.5 Å². The predicted octanol–water partition coefficient (Wildman–Crippen LogP) is 3.84. The first-order valence-corrected chi connectivity index (χ1v) is 8.26. The average Bonchev–Trinajstić information content (AvgIpc) is 2.55. The lowest BCUT2D eigenvalue weighted by Gasteiger charge is -2.23. The normalized spacial score (nSPS) is 11.9. The fourth-order valence-corrected chi connectivity index (χ4v) is 2.62. The molecule has 2 rings (SSSR count). The Balaban J connectivity index is 2.01. The van der Waals surface area contributed by atoms with Crippen molar-refractivity contribution in [1.29, 1.82) is 0 Å². The van der Waals surface area contributed by atoms with Crippen LogP contribution in [-0.4, -0.2) is 11.8 Å². The highest BCUT2D eigenvalue weighted by atomic mass is 19.1. The summed E-state index contributed by atoms with van der Waals surface area (Å²) in [6.45, 7) is 5.47. The van der Waals surface area contributed by atoms with Gasteiger partial charge in [0.25, 0.3) is 0 Å². The molecule has 0 bridgehead atoms. The quantitative estimate of drug-likeness (QED) is 0.838. The second-order valence-corrected chi connectivity index (χ2v) is 6.40. The summed E-state index contributed by atoms with van der Waals surface area (Å²) in [5.41, 5.74) is 2.43. The Kier molecular flexibility index (Phi) is 6.28. The molecule has 2 amide bonds. The van der Waals surface area contributed by atoms with Crippen molar-refractivity contribution in [1.82, 2.24) is 5.32 Å². The molecule has 0 heterocycles. The molecule has 2 aromatic carbocycles. The summed E-state index contributed by atoms with van der Waals surface area (Å²) >= 11 is 0. The van der Waals surface area contributed by atoms with E-state index in [0.29, 0.717) is 5.69 Å². The van der Waals surface area contributed by atoms with Crippen LogP contribution in [0.2, 0.25) is 0 Å². The minimum Gasteiger partial charge on any atom is -0.349 e. The molecular formula is C20H23FN2O2. The van der Waals surface area contributed by atoms with E-state index in [-0.39, 0.29) is 36.0 Å². The summed E-state index contributed by atoms with van der Waals surface area (Å²) in [6, 6.07) is 13.2. The molecule has 4 nitrogen and oxygen atoms in total. The van der Waals surface area contributed by atoms with Crippen molar-refractivity contribution in [3.63, 3.8) is 0 Å². The van der Waals surface area contributed by atoms with Crippen LogP contribution in [0.1, 0.15) is 37.9 Å². The lowest BCUT2D eigenvalue weighted by molar-refractivity contribution is -0.121. The number of nitrogens with one attached hydrogen (secondary N) is 2. The Morgan fingerprint density at radius 2 is 1.60 bits per heavy atom. The number of hydrogen-bond acceptors (Lipinski definition) is 2. The smallest absolute Gasteiger partial charge is 0.224 e. The molecule has 0 aliphatic carbocycles. The number of carbonyl (C=O) groups excluding carboxylic acids is 2. The fourth-order valence-electron chi connectivity index (χ4n) is 2.62. The SMILES string of the molecule is CC(=O)Nc1ccc(CC(=O)N[C@H](c2ccc(F)cc2)C(C)C)cc1. The molecule has 0 saturated carbocycles. The van der Waals surface area contributed by atoms with Gasteiger partial charge in [-0.2, -0.15) is 0 Å². The molecule has 1 atom stereocenters. The first-order valence-electron chi connectivity index (χ1n) is 8.26. The van der Waals surface area contributed by atoms with E-state index >= 15 is 0 Å². The molecule has 2 aromatic rings. The van der Waals surface area contributed by atoms with Crippen LogP contribution in [0, 0.1) is 11.7 Å². The van der Waals surface area contributed by atoms with E-state index in [1.54, 1.807) is 24.3 Å². The standard InChI is InChI=1S/C20H23FN2O2/c1-13(2)20(16-6-8-17(21)9-7-16)23-19(25)12-15-4-10-18(11-5-15)22-14(3)24/h4-11,13,20H,12H2,1-3H3,(H,22,24)(H,23,25)/t20-/m0/s1. The summed E-state index contributed by atoms with van der Waals surface area (Å²) in [7, 11) is 0. The summed E-state index contributed by atoms with van der Waals surface area (Å²) < 4.78 is 13.1. The maximum Gasteiger partial charge on any atom is 0.224 e. The molecule has 25 heavy (non-hydrogen) atoms. The van der Waals surface area contributed by atoms with Crippen molar-refractivity contribution in [2.75, 3.05) is 5.32 Å². The molecule has 5 heteroatoms. The minimum atomic E-state index is -0.295. The molecule has 0 saturated heterocycles. The zero-order valence-corrected chi connectivity index (χ0v) is 14.7. The highest BCUT2D eigenvalue weighted by Gasteiger charge is 2.18. The zero-order valence-electron chi connectivity index (χ0n) is 14.7. The third-order valence-electron chi connectivity index (χ3n) is 3.85. The Bertz CT molecular complexity index is 724. The van der Waals surface area contributed by atoms with Gasteiger partial charge in [-0.1, -0.05) is 38.1 Å². The average molecular weight is 342 g/mol. The van der Waals surface area contributed by atoms with E-state index in [9.17, 15) is 14.0 Å². The van der Waals surface area contributed by atoms with Gasteiger partial charge in [-0.15, -0.1) is 0 Å². The number of benzene rings is 2. The lowest BCUT2D eigenvalue weighted by Crippen LogP contribution is -2.32. The predicted molar refractivity (Wildman–Crippen MR) is 96.6 cm³/mol. The van der Waals surface area contributed by atoms with Gasteiger partial charge in [0.2, 0.25) is 11.8 Å². The minimum absolute atomic E-state index is 0.102. The topological polar surface area (TPSA) is 58.2 Å². The van der Waals surface area contributed by atoms with E-state index in [1.165, 1.54) is 19.1 Å². The summed E-state index contributed by atoms with van der Waals surface area (Å²) in [4.78, 5) is 23.4. The maximum absolute atomic E-state index is 13.1. The molecule has 0 spiro atoms. The molecular weight excluding hydrogens is 319 g/mol. The number of halogens is 1. The maximum atomic E-state index is 13.1. The Morgan fingerprint density at radius 3 is 2.12 bits per heavy atom.